The fourth-order valence-corrected chi connectivity index (χ4v) is 2.01. The Morgan fingerprint density at radius 3 is 2.81 bits per heavy atom. The Balaban J connectivity index is 1.83. The van der Waals surface area contributed by atoms with Crippen molar-refractivity contribution in [3.63, 3.8) is 0 Å². The Kier molecular flexibility index (Phi) is 2.86. The predicted molar refractivity (Wildman–Crippen MR) is 56.6 cm³/mol. The predicted octanol–water partition coefficient (Wildman–Crippen LogP) is -1.94. The maximum atomic E-state index is 11.9. The van der Waals surface area contributed by atoms with Gasteiger partial charge in [0, 0.05) is 6.54 Å². The van der Waals surface area contributed by atoms with Crippen LogP contribution in [0.2, 0.25) is 0 Å². The van der Waals surface area contributed by atoms with Gasteiger partial charge in [-0.2, -0.15) is 0 Å². The van der Waals surface area contributed by atoms with Crippen LogP contribution < -0.4 is 10.6 Å². The standard InChI is InChI=1S/C10H17N3O3/c1-2-10(16)5-13(6-10)9(15)7-3-12-8(14)4-11-7/h7,11,16H,2-6H2,1H3,(H,12,14). The monoisotopic (exact) mass is 227 g/mol. The van der Waals surface area contributed by atoms with Gasteiger partial charge in [0.2, 0.25) is 11.8 Å². The van der Waals surface area contributed by atoms with Crippen LogP contribution in [0.3, 0.4) is 0 Å². The van der Waals surface area contributed by atoms with Crippen molar-refractivity contribution >= 4 is 11.8 Å². The van der Waals surface area contributed by atoms with E-state index in [1.165, 1.54) is 0 Å². The topological polar surface area (TPSA) is 81.7 Å². The van der Waals surface area contributed by atoms with Gasteiger partial charge < -0.3 is 15.3 Å². The number of carbonyl (C=O) groups excluding carboxylic acids is 2. The molecule has 0 aliphatic carbocycles. The van der Waals surface area contributed by atoms with Crippen LogP contribution in [0.1, 0.15) is 13.3 Å². The molecule has 0 aromatic heterocycles. The van der Waals surface area contributed by atoms with Crippen molar-refractivity contribution in [2.75, 3.05) is 26.2 Å². The smallest absolute Gasteiger partial charge is 0.241 e. The molecule has 16 heavy (non-hydrogen) atoms. The van der Waals surface area contributed by atoms with Crippen LogP contribution >= 0.6 is 0 Å². The first kappa shape index (κ1) is 11.3. The van der Waals surface area contributed by atoms with Crippen LogP contribution in [0.15, 0.2) is 0 Å². The third-order valence-electron chi connectivity index (χ3n) is 3.25. The summed E-state index contributed by atoms with van der Waals surface area (Å²) in [5.41, 5.74) is -0.701. The van der Waals surface area contributed by atoms with E-state index in [9.17, 15) is 14.7 Å². The van der Waals surface area contributed by atoms with E-state index in [0.717, 1.165) is 0 Å². The fraction of sp³-hybridized carbons (Fsp3) is 0.800. The van der Waals surface area contributed by atoms with E-state index in [0.29, 0.717) is 26.1 Å². The van der Waals surface area contributed by atoms with Crippen molar-refractivity contribution in [2.24, 2.45) is 0 Å². The summed E-state index contributed by atoms with van der Waals surface area (Å²) in [5, 5.41) is 15.3. The largest absolute Gasteiger partial charge is 0.386 e. The summed E-state index contributed by atoms with van der Waals surface area (Å²) < 4.78 is 0. The molecular weight excluding hydrogens is 210 g/mol. The Hall–Kier alpha value is -1.14. The van der Waals surface area contributed by atoms with Gasteiger partial charge >= 0.3 is 0 Å². The number of aliphatic hydroxyl groups is 1. The molecule has 3 N–H and O–H groups in total. The molecule has 1 unspecified atom stereocenters. The minimum Gasteiger partial charge on any atom is -0.386 e. The average Bonchev–Trinajstić information content (AvgIpc) is 2.25. The molecule has 2 aliphatic heterocycles. The number of carbonyl (C=O) groups is 2. The number of β-amino-alcohol motifs (C(OH)–C–C–N with tert-alkyl or cyclic N) is 1. The normalized spacial score (nSPS) is 28.2. The first-order valence-electron chi connectivity index (χ1n) is 5.55. The number of hydrogen-bond donors (Lipinski definition) is 3. The van der Waals surface area contributed by atoms with E-state index < -0.39 is 5.60 Å². The maximum Gasteiger partial charge on any atom is 0.241 e. The molecule has 6 nitrogen and oxygen atoms in total. The minimum atomic E-state index is -0.701. The molecule has 0 saturated carbocycles. The lowest BCUT2D eigenvalue weighted by molar-refractivity contribution is -0.158. The van der Waals surface area contributed by atoms with Crippen LogP contribution in [0.5, 0.6) is 0 Å². The van der Waals surface area contributed by atoms with Gasteiger partial charge in [0.05, 0.1) is 25.2 Å². The molecule has 2 saturated heterocycles. The number of rotatable bonds is 2. The van der Waals surface area contributed by atoms with Gasteiger partial charge in [0.1, 0.15) is 6.04 Å². The van der Waals surface area contributed by atoms with E-state index in [2.05, 4.69) is 10.6 Å². The third-order valence-corrected chi connectivity index (χ3v) is 3.25. The van der Waals surface area contributed by atoms with Crippen molar-refractivity contribution < 1.29 is 14.7 Å². The van der Waals surface area contributed by atoms with Crippen molar-refractivity contribution in [2.45, 2.75) is 25.0 Å². The molecule has 0 bridgehead atoms. The van der Waals surface area contributed by atoms with Gasteiger partial charge in [-0.05, 0) is 6.42 Å². The van der Waals surface area contributed by atoms with Crippen LogP contribution in [0.25, 0.3) is 0 Å². The Morgan fingerprint density at radius 2 is 2.31 bits per heavy atom. The van der Waals surface area contributed by atoms with E-state index in [-0.39, 0.29) is 24.4 Å². The number of piperazine rings is 1. The van der Waals surface area contributed by atoms with E-state index >= 15 is 0 Å². The van der Waals surface area contributed by atoms with Gasteiger partial charge in [-0.1, -0.05) is 6.92 Å². The zero-order valence-electron chi connectivity index (χ0n) is 9.32. The first-order valence-corrected chi connectivity index (χ1v) is 5.55. The molecule has 1 atom stereocenters. The van der Waals surface area contributed by atoms with E-state index in [1.807, 2.05) is 6.92 Å². The number of hydrogen-bond acceptors (Lipinski definition) is 4. The van der Waals surface area contributed by atoms with Gasteiger partial charge in [0.15, 0.2) is 0 Å². The van der Waals surface area contributed by atoms with Crippen molar-refractivity contribution in [3.05, 3.63) is 0 Å². The SMILES string of the molecule is CCC1(O)CN(C(=O)C2CNC(=O)CN2)C1. The van der Waals surface area contributed by atoms with Crippen molar-refractivity contribution in [3.8, 4) is 0 Å². The van der Waals surface area contributed by atoms with E-state index in [4.69, 9.17) is 0 Å². The number of amides is 2. The molecule has 2 aliphatic rings. The Bertz CT molecular complexity index is 302. The summed E-state index contributed by atoms with van der Waals surface area (Å²) in [6, 6.07) is -0.348. The highest BCUT2D eigenvalue weighted by molar-refractivity contribution is 5.87. The van der Waals surface area contributed by atoms with Crippen LogP contribution in [0, 0.1) is 0 Å². The molecule has 2 heterocycles. The summed E-state index contributed by atoms with van der Waals surface area (Å²) in [7, 11) is 0. The lowest BCUT2D eigenvalue weighted by atomic mass is 9.90. The second-order valence-electron chi connectivity index (χ2n) is 4.51. The zero-order valence-corrected chi connectivity index (χ0v) is 9.32. The van der Waals surface area contributed by atoms with Gasteiger partial charge in [-0.15, -0.1) is 0 Å². The lowest BCUT2D eigenvalue weighted by Gasteiger charge is -2.47. The highest BCUT2D eigenvalue weighted by atomic mass is 16.3. The second-order valence-corrected chi connectivity index (χ2v) is 4.51. The molecule has 0 spiro atoms. The molecule has 0 aromatic carbocycles. The summed E-state index contributed by atoms with van der Waals surface area (Å²) in [6.45, 7) is 3.21. The van der Waals surface area contributed by atoms with Crippen molar-refractivity contribution in [1.29, 1.82) is 0 Å². The molecule has 6 heteroatoms. The van der Waals surface area contributed by atoms with Gasteiger partial charge in [0.25, 0.3) is 0 Å². The Morgan fingerprint density at radius 1 is 1.62 bits per heavy atom. The Labute approximate surface area is 94.0 Å². The van der Waals surface area contributed by atoms with Crippen LogP contribution in [0.4, 0.5) is 0 Å². The lowest BCUT2D eigenvalue weighted by Crippen LogP contribution is -2.68. The van der Waals surface area contributed by atoms with Gasteiger partial charge in [-0.3, -0.25) is 14.9 Å². The van der Waals surface area contributed by atoms with Crippen LogP contribution in [-0.2, 0) is 9.59 Å². The molecule has 2 rings (SSSR count). The van der Waals surface area contributed by atoms with E-state index in [1.54, 1.807) is 4.90 Å². The van der Waals surface area contributed by atoms with Gasteiger partial charge in [-0.25, -0.2) is 0 Å². The molecular formula is C10H17N3O3. The molecule has 2 fully saturated rings. The average molecular weight is 227 g/mol. The summed E-state index contributed by atoms with van der Waals surface area (Å²) in [4.78, 5) is 24.4. The van der Waals surface area contributed by atoms with Crippen molar-refractivity contribution in [1.82, 2.24) is 15.5 Å². The number of nitrogens with zero attached hydrogens (tertiary/aromatic N) is 1. The second kappa shape index (κ2) is 4.03. The zero-order chi connectivity index (χ0) is 11.8. The fourth-order valence-electron chi connectivity index (χ4n) is 2.01. The summed E-state index contributed by atoms with van der Waals surface area (Å²) >= 11 is 0. The highest BCUT2D eigenvalue weighted by Crippen LogP contribution is 2.24. The highest BCUT2D eigenvalue weighted by Gasteiger charge is 2.44. The number of likely N-dealkylation sites (tertiary alicyclic amines) is 1. The maximum absolute atomic E-state index is 11.9. The first-order chi connectivity index (χ1) is 7.54. The number of nitrogens with one attached hydrogen (secondary N) is 2. The molecule has 0 aromatic rings. The minimum absolute atomic E-state index is 0.0434. The quantitative estimate of drug-likeness (QED) is 0.512. The third kappa shape index (κ3) is 2.03. The summed E-state index contributed by atoms with van der Waals surface area (Å²) in [6.07, 6.45) is 0.658. The summed E-state index contributed by atoms with van der Waals surface area (Å²) in [5.74, 6) is -0.129. The molecule has 0 radical (unpaired) electrons. The van der Waals surface area contributed by atoms with Crippen LogP contribution in [-0.4, -0.2) is 59.6 Å². The molecule has 90 valence electrons. The molecule has 2 amide bonds.